The van der Waals surface area contributed by atoms with E-state index in [1.165, 1.54) is 4.68 Å². The van der Waals surface area contributed by atoms with Crippen LogP contribution in [0.2, 0.25) is 0 Å². The zero-order chi connectivity index (χ0) is 13.0. The number of nitrogens with zero attached hydrogens (tertiary/aromatic N) is 4. The molecule has 2 heterocycles. The SMILES string of the molecule is COCCCN(C)Cn1nc2ccccn2c1=O. The van der Waals surface area contributed by atoms with Crippen molar-refractivity contribution in [2.75, 3.05) is 27.3 Å². The monoisotopic (exact) mass is 250 g/mol. The quantitative estimate of drug-likeness (QED) is 0.697. The molecule has 0 aliphatic carbocycles. The Morgan fingerprint density at radius 2 is 2.28 bits per heavy atom. The van der Waals surface area contributed by atoms with E-state index >= 15 is 0 Å². The summed E-state index contributed by atoms with van der Waals surface area (Å²) >= 11 is 0. The van der Waals surface area contributed by atoms with Gasteiger partial charge in [0.2, 0.25) is 0 Å². The highest BCUT2D eigenvalue weighted by Gasteiger charge is 2.07. The van der Waals surface area contributed by atoms with Gasteiger partial charge in [-0.25, -0.2) is 4.79 Å². The van der Waals surface area contributed by atoms with Crippen LogP contribution >= 0.6 is 0 Å². The molecule has 0 aliphatic heterocycles. The van der Waals surface area contributed by atoms with Gasteiger partial charge in [0.15, 0.2) is 5.65 Å². The Morgan fingerprint density at radius 3 is 3.00 bits per heavy atom. The van der Waals surface area contributed by atoms with Gasteiger partial charge in [-0.1, -0.05) is 6.07 Å². The molecule has 0 saturated carbocycles. The fourth-order valence-corrected chi connectivity index (χ4v) is 1.84. The van der Waals surface area contributed by atoms with Crippen LogP contribution in [0.25, 0.3) is 5.65 Å². The second-order valence-electron chi connectivity index (χ2n) is 4.28. The zero-order valence-corrected chi connectivity index (χ0v) is 10.7. The number of hydrogen-bond donors (Lipinski definition) is 0. The molecule has 18 heavy (non-hydrogen) atoms. The summed E-state index contributed by atoms with van der Waals surface area (Å²) in [6, 6.07) is 5.51. The fourth-order valence-electron chi connectivity index (χ4n) is 1.84. The topological polar surface area (TPSA) is 51.8 Å². The number of methoxy groups -OCH3 is 1. The summed E-state index contributed by atoms with van der Waals surface area (Å²) in [6.45, 7) is 2.09. The van der Waals surface area contributed by atoms with E-state index in [1.54, 1.807) is 17.7 Å². The van der Waals surface area contributed by atoms with Gasteiger partial charge in [0, 0.05) is 26.5 Å². The highest BCUT2D eigenvalue weighted by atomic mass is 16.5. The lowest BCUT2D eigenvalue weighted by Crippen LogP contribution is -2.31. The van der Waals surface area contributed by atoms with Crippen LogP contribution in [-0.2, 0) is 11.4 Å². The lowest BCUT2D eigenvalue weighted by molar-refractivity contribution is 0.167. The maximum Gasteiger partial charge on any atom is 0.351 e. The van der Waals surface area contributed by atoms with Crippen LogP contribution in [0.1, 0.15) is 6.42 Å². The van der Waals surface area contributed by atoms with Crippen LogP contribution in [0, 0.1) is 0 Å². The minimum Gasteiger partial charge on any atom is -0.385 e. The summed E-state index contributed by atoms with van der Waals surface area (Å²) in [5.74, 6) is 0. The average molecular weight is 250 g/mol. The van der Waals surface area contributed by atoms with E-state index < -0.39 is 0 Å². The minimum atomic E-state index is -0.107. The number of ether oxygens (including phenoxy) is 1. The van der Waals surface area contributed by atoms with Gasteiger partial charge >= 0.3 is 5.69 Å². The van der Waals surface area contributed by atoms with Crippen LogP contribution < -0.4 is 5.69 Å². The van der Waals surface area contributed by atoms with E-state index in [2.05, 4.69) is 5.10 Å². The van der Waals surface area contributed by atoms with Crippen LogP contribution in [0.15, 0.2) is 29.2 Å². The largest absolute Gasteiger partial charge is 0.385 e. The molecule has 2 rings (SSSR count). The van der Waals surface area contributed by atoms with Gasteiger partial charge in [-0.3, -0.25) is 9.30 Å². The van der Waals surface area contributed by atoms with Crippen molar-refractivity contribution in [2.24, 2.45) is 0 Å². The molecule has 0 aliphatic rings. The zero-order valence-electron chi connectivity index (χ0n) is 10.7. The summed E-state index contributed by atoms with van der Waals surface area (Å²) in [5, 5.41) is 4.27. The first-order valence-electron chi connectivity index (χ1n) is 5.94. The van der Waals surface area contributed by atoms with E-state index in [9.17, 15) is 4.79 Å². The Morgan fingerprint density at radius 1 is 1.44 bits per heavy atom. The van der Waals surface area contributed by atoms with Crippen LogP contribution in [0.3, 0.4) is 0 Å². The van der Waals surface area contributed by atoms with E-state index in [-0.39, 0.29) is 5.69 Å². The smallest absolute Gasteiger partial charge is 0.351 e. The molecule has 0 fully saturated rings. The summed E-state index contributed by atoms with van der Waals surface area (Å²) < 4.78 is 8.02. The highest BCUT2D eigenvalue weighted by Crippen LogP contribution is 1.96. The number of pyridine rings is 1. The Hall–Kier alpha value is -1.66. The molecule has 6 heteroatoms. The molecule has 0 saturated heterocycles. The van der Waals surface area contributed by atoms with Crippen LogP contribution in [-0.4, -0.2) is 46.4 Å². The van der Waals surface area contributed by atoms with Crippen molar-refractivity contribution >= 4 is 5.65 Å². The Bertz CT molecular complexity index is 560. The van der Waals surface area contributed by atoms with Crippen molar-refractivity contribution in [3.63, 3.8) is 0 Å². The third-order valence-corrected chi connectivity index (χ3v) is 2.75. The lowest BCUT2D eigenvalue weighted by Gasteiger charge is -2.14. The maximum atomic E-state index is 12.0. The van der Waals surface area contributed by atoms with E-state index in [1.807, 2.05) is 30.1 Å². The number of aromatic nitrogens is 3. The van der Waals surface area contributed by atoms with Gasteiger partial charge in [0.1, 0.15) is 0 Å². The Labute approximate surface area is 105 Å². The first-order valence-corrected chi connectivity index (χ1v) is 5.94. The predicted molar refractivity (Wildman–Crippen MR) is 68.6 cm³/mol. The molecule has 0 bridgehead atoms. The fraction of sp³-hybridized carbons (Fsp3) is 0.500. The summed E-state index contributed by atoms with van der Waals surface area (Å²) in [4.78, 5) is 14.1. The van der Waals surface area contributed by atoms with Crippen molar-refractivity contribution in [3.05, 3.63) is 34.9 Å². The average Bonchev–Trinajstić information content (AvgIpc) is 2.67. The molecule has 0 N–H and O–H groups in total. The number of fused-ring (bicyclic) bond motifs is 1. The molecule has 0 spiro atoms. The molecule has 98 valence electrons. The van der Waals surface area contributed by atoms with Gasteiger partial charge in [-0.05, 0) is 25.6 Å². The molecule has 0 aromatic carbocycles. The summed E-state index contributed by atoms with van der Waals surface area (Å²) in [7, 11) is 3.65. The standard InChI is InChI=1S/C12H18N4O2/c1-14(7-5-9-18-2)10-16-12(17)15-8-4-3-6-11(15)13-16/h3-4,6,8H,5,7,9-10H2,1-2H3. The third kappa shape index (κ3) is 2.77. The maximum absolute atomic E-state index is 12.0. The molecule has 0 amide bonds. The molecular formula is C12H18N4O2. The van der Waals surface area contributed by atoms with Gasteiger partial charge in [0.05, 0.1) is 6.67 Å². The molecule has 0 radical (unpaired) electrons. The molecular weight excluding hydrogens is 232 g/mol. The predicted octanol–water partition coefficient (Wildman–Crippen LogP) is 0.422. The van der Waals surface area contributed by atoms with Crippen molar-refractivity contribution in [2.45, 2.75) is 13.1 Å². The molecule has 2 aromatic rings. The van der Waals surface area contributed by atoms with Gasteiger partial charge < -0.3 is 4.74 Å². The van der Waals surface area contributed by atoms with Gasteiger partial charge in [-0.2, -0.15) is 4.68 Å². The Balaban J connectivity index is 2.07. The molecule has 0 atom stereocenters. The van der Waals surface area contributed by atoms with Gasteiger partial charge in [0.25, 0.3) is 0 Å². The lowest BCUT2D eigenvalue weighted by atomic mass is 10.4. The minimum absolute atomic E-state index is 0.107. The van der Waals surface area contributed by atoms with Crippen molar-refractivity contribution < 1.29 is 4.74 Å². The Kier molecular flexibility index (Phi) is 4.11. The van der Waals surface area contributed by atoms with Crippen LogP contribution in [0.4, 0.5) is 0 Å². The normalized spacial score (nSPS) is 11.5. The van der Waals surface area contributed by atoms with Crippen molar-refractivity contribution in [3.8, 4) is 0 Å². The second kappa shape index (κ2) is 5.79. The molecule has 0 unspecified atom stereocenters. The first kappa shape index (κ1) is 12.8. The first-order chi connectivity index (χ1) is 8.72. The second-order valence-corrected chi connectivity index (χ2v) is 4.28. The van der Waals surface area contributed by atoms with Crippen molar-refractivity contribution in [1.29, 1.82) is 0 Å². The number of hydrogen-bond acceptors (Lipinski definition) is 4. The van der Waals surface area contributed by atoms with E-state index in [4.69, 9.17) is 4.74 Å². The van der Waals surface area contributed by atoms with Crippen LogP contribution in [0.5, 0.6) is 0 Å². The van der Waals surface area contributed by atoms with E-state index in [0.717, 1.165) is 19.6 Å². The number of rotatable bonds is 6. The summed E-state index contributed by atoms with van der Waals surface area (Å²) in [5.41, 5.74) is 0.567. The molecule has 6 nitrogen and oxygen atoms in total. The highest BCUT2D eigenvalue weighted by molar-refractivity contribution is 5.35. The van der Waals surface area contributed by atoms with Crippen molar-refractivity contribution in [1.82, 2.24) is 19.1 Å². The third-order valence-electron chi connectivity index (χ3n) is 2.75. The molecule has 2 aromatic heterocycles. The summed E-state index contributed by atoms with van der Waals surface area (Å²) in [6.07, 6.45) is 2.67. The van der Waals surface area contributed by atoms with Gasteiger partial charge in [-0.15, -0.1) is 5.10 Å². The van der Waals surface area contributed by atoms with E-state index in [0.29, 0.717) is 12.3 Å².